The van der Waals surface area contributed by atoms with Gasteiger partial charge in [0.15, 0.2) is 0 Å². The second-order valence-electron chi connectivity index (χ2n) is 8.50. The Kier molecular flexibility index (Phi) is 6.34. The molecule has 0 fully saturated rings. The summed E-state index contributed by atoms with van der Waals surface area (Å²) >= 11 is 0. The molecule has 0 aliphatic heterocycles. The normalized spacial score (nSPS) is 12.8. The average Bonchev–Trinajstić information content (AvgIpc) is 3.03. The number of fused-ring (bicyclic) bond motifs is 3. The van der Waals surface area contributed by atoms with Gasteiger partial charge >= 0.3 is 12.1 Å². The van der Waals surface area contributed by atoms with Crippen LogP contribution in [-0.4, -0.2) is 52.7 Å². The number of hydrogen-bond donors (Lipinski definition) is 2. The number of hydrogen-bond acceptors (Lipinski definition) is 4. The molecule has 2 N–H and O–H groups in total. The molecule has 2 aromatic carbocycles. The van der Waals surface area contributed by atoms with Gasteiger partial charge in [0.2, 0.25) is 5.91 Å². The van der Waals surface area contributed by atoms with Crippen molar-refractivity contribution in [2.45, 2.75) is 45.2 Å². The van der Waals surface area contributed by atoms with Crippen molar-refractivity contribution < 1.29 is 24.2 Å². The summed E-state index contributed by atoms with van der Waals surface area (Å²) in [4.78, 5) is 37.7. The first-order valence-corrected chi connectivity index (χ1v) is 10.3. The Morgan fingerprint density at radius 1 is 1.03 bits per heavy atom. The SMILES string of the molecule is CC(C)N(CC(=O)O)C(=O)C(C)(C)NC(=O)OCC1c2ccccc2-c2ccccc21. The van der Waals surface area contributed by atoms with E-state index in [1.165, 1.54) is 18.7 Å². The number of nitrogens with one attached hydrogen (secondary N) is 1. The van der Waals surface area contributed by atoms with E-state index in [1.807, 2.05) is 36.4 Å². The number of carbonyl (C=O) groups excluding carboxylic acids is 2. The number of alkyl carbamates (subject to hydrolysis) is 1. The minimum Gasteiger partial charge on any atom is -0.480 e. The quantitative estimate of drug-likeness (QED) is 0.708. The molecule has 0 atom stereocenters. The van der Waals surface area contributed by atoms with Crippen LogP contribution < -0.4 is 5.32 Å². The summed E-state index contributed by atoms with van der Waals surface area (Å²) in [5.41, 5.74) is 3.13. The van der Waals surface area contributed by atoms with Gasteiger partial charge in [-0.2, -0.15) is 0 Å². The second kappa shape index (κ2) is 8.79. The number of nitrogens with zero attached hydrogens (tertiary/aromatic N) is 1. The van der Waals surface area contributed by atoms with Crippen LogP contribution in [0.5, 0.6) is 0 Å². The van der Waals surface area contributed by atoms with E-state index < -0.39 is 30.1 Å². The fraction of sp³-hybridized carbons (Fsp3) is 0.375. The van der Waals surface area contributed by atoms with Gasteiger partial charge in [0.1, 0.15) is 18.7 Å². The van der Waals surface area contributed by atoms with Gasteiger partial charge in [-0.25, -0.2) is 4.79 Å². The summed E-state index contributed by atoms with van der Waals surface area (Å²) in [6.45, 7) is 6.22. The van der Waals surface area contributed by atoms with E-state index in [0.29, 0.717) is 0 Å². The summed E-state index contributed by atoms with van der Waals surface area (Å²) in [6.07, 6.45) is -0.723. The molecule has 3 rings (SSSR count). The summed E-state index contributed by atoms with van der Waals surface area (Å²) in [7, 11) is 0. The smallest absolute Gasteiger partial charge is 0.408 e. The van der Waals surface area contributed by atoms with E-state index >= 15 is 0 Å². The molecule has 0 heterocycles. The zero-order valence-electron chi connectivity index (χ0n) is 18.2. The highest BCUT2D eigenvalue weighted by Crippen LogP contribution is 2.44. The number of carboxylic acid groups (broad SMARTS) is 1. The number of aliphatic carboxylic acids is 1. The molecule has 1 aliphatic rings. The van der Waals surface area contributed by atoms with Gasteiger partial charge < -0.3 is 20.1 Å². The van der Waals surface area contributed by atoms with Crippen LogP contribution >= 0.6 is 0 Å². The molecule has 0 aromatic heterocycles. The number of carbonyl (C=O) groups is 3. The molecular weight excluding hydrogens is 396 g/mol. The number of benzene rings is 2. The van der Waals surface area contributed by atoms with Crippen molar-refractivity contribution in [3.05, 3.63) is 59.7 Å². The first-order valence-electron chi connectivity index (χ1n) is 10.3. The Bertz CT molecular complexity index is 953. The van der Waals surface area contributed by atoms with E-state index in [9.17, 15) is 14.4 Å². The molecule has 0 saturated heterocycles. The molecule has 7 nitrogen and oxygen atoms in total. The summed E-state index contributed by atoms with van der Waals surface area (Å²) in [6, 6.07) is 15.7. The lowest BCUT2D eigenvalue weighted by molar-refractivity contribution is -0.148. The largest absolute Gasteiger partial charge is 0.480 e. The molecule has 7 heteroatoms. The molecule has 0 saturated carbocycles. The van der Waals surface area contributed by atoms with Crippen LogP contribution in [-0.2, 0) is 14.3 Å². The molecule has 0 spiro atoms. The minimum atomic E-state index is -1.32. The predicted octanol–water partition coefficient (Wildman–Crippen LogP) is 3.63. The van der Waals surface area contributed by atoms with E-state index in [0.717, 1.165) is 22.3 Å². The lowest BCUT2D eigenvalue weighted by atomic mass is 9.98. The van der Waals surface area contributed by atoms with Crippen LogP contribution in [0.4, 0.5) is 4.79 Å². The van der Waals surface area contributed by atoms with Crippen molar-refractivity contribution in [2.24, 2.45) is 0 Å². The number of amides is 2. The number of carboxylic acids is 1. The fourth-order valence-electron chi connectivity index (χ4n) is 3.94. The lowest BCUT2D eigenvalue weighted by Crippen LogP contribution is -2.58. The Morgan fingerprint density at radius 2 is 1.55 bits per heavy atom. The third kappa shape index (κ3) is 4.71. The first-order chi connectivity index (χ1) is 14.6. The van der Waals surface area contributed by atoms with Gasteiger partial charge in [0.25, 0.3) is 0 Å². The minimum absolute atomic E-state index is 0.0869. The molecular formula is C24H28N2O5. The van der Waals surface area contributed by atoms with Gasteiger partial charge in [0, 0.05) is 12.0 Å². The van der Waals surface area contributed by atoms with Crippen molar-refractivity contribution in [1.29, 1.82) is 0 Å². The molecule has 2 aromatic rings. The first kappa shape index (κ1) is 22.3. The molecule has 0 bridgehead atoms. The van der Waals surface area contributed by atoms with E-state index in [-0.39, 0.29) is 18.6 Å². The zero-order chi connectivity index (χ0) is 22.8. The Morgan fingerprint density at radius 3 is 2.03 bits per heavy atom. The fourth-order valence-corrected chi connectivity index (χ4v) is 3.94. The average molecular weight is 424 g/mol. The maximum Gasteiger partial charge on any atom is 0.408 e. The van der Waals surface area contributed by atoms with Gasteiger partial charge in [-0.15, -0.1) is 0 Å². The van der Waals surface area contributed by atoms with Gasteiger partial charge in [-0.3, -0.25) is 9.59 Å². The lowest BCUT2D eigenvalue weighted by Gasteiger charge is -2.33. The maximum atomic E-state index is 12.9. The Labute approximate surface area is 182 Å². The van der Waals surface area contributed by atoms with Crippen molar-refractivity contribution in [1.82, 2.24) is 10.2 Å². The van der Waals surface area contributed by atoms with E-state index in [4.69, 9.17) is 9.84 Å². The summed E-state index contributed by atoms with van der Waals surface area (Å²) in [5.74, 6) is -1.69. The number of ether oxygens (including phenoxy) is 1. The van der Waals surface area contributed by atoms with Crippen molar-refractivity contribution in [2.75, 3.05) is 13.2 Å². The van der Waals surface area contributed by atoms with Crippen LogP contribution in [0.15, 0.2) is 48.5 Å². The molecule has 2 amide bonds. The van der Waals surface area contributed by atoms with Crippen LogP contribution in [0.3, 0.4) is 0 Å². The monoisotopic (exact) mass is 424 g/mol. The van der Waals surface area contributed by atoms with E-state index in [1.54, 1.807) is 13.8 Å². The maximum absolute atomic E-state index is 12.9. The topological polar surface area (TPSA) is 95.9 Å². The molecule has 0 radical (unpaired) electrons. The van der Waals surface area contributed by atoms with Crippen molar-refractivity contribution in [3.8, 4) is 11.1 Å². The summed E-state index contributed by atoms with van der Waals surface area (Å²) < 4.78 is 5.51. The molecule has 0 unspecified atom stereocenters. The highest BCUT2D eigenvalue weighted by molar-refractivity contribution is 5.91. The third-order valence-electron chi connectivity index (χ3n) is 5.48. The highest BCUT2D eigenvalue weighted by atomic mass is 16.5. The van der Waals surface area contributed by atoms with Crippen LogP contribution in [0, 0.1) is 0 Å². The Balaban J connectivity index is 1.69. The molecule has 31 heavy (non-hydrogen) atoms. The Hall–Kier alpha value is -3.35. The van der Waals surface area contributed by atoms with Crippen LogP contribution in [0.2, 0.25) is 0 Å². The van der Waals surface area contributed by atoms with Gasteiger partial charge in [0.05, 0.1) is 0 Å². The van der Waals surface area contributed by atoms with Gasteiger partial charge in [-0.05, 0) is 49.9 Å². The van der Waals surface area contributed by atoms with Gasteiger partial charge in [-0.1, -0.05) is 48.5 Å². The number of rotatable bonds is 7. The zero-order valence-corrected chi connectivity index (χ0v) is 18.2. The summed E-state index contributed by atoms with van der Waals surface area (Å²) in [5, 5.41) is 11.7. The van der Waals surface area contributed by atoms with E-state index in [2.05, 4.69) is 17.4 Å². The van der Waals surface area contributed by atoms with Crippen LogP contribution in [0.25, 0.3) is 11.1 Å². The molecule has 1 aliphatic carbocycles. The highest BCUT2D eigenvalue weighted by Gasteiger charge is 2.36. The predicted molar refractivity (Wildman–Crippen MR) is 117 cm³/mol. The second-order valence-corrected chi connectivity index (χ2v) is 8.50. The standard InChI is InChI=1S/C24H28N2O5/c1-15(2)26(13-21(27)28)22(29)24(3,4)25-23(30)31-14-20-18-11-7-5-9-16(18)17-10-6-8-12-19(17)20/h5-12,15,20H,13-14H2,1-4H3,(H,25,30)(H,27,28). The third-order valence-corrected chi connectivity index (χ3v) is 5.48. The van der Waals surface area contributed by atoms with Crippen molar-refractivity contribution >= 4 is 18.0 Å². The molecule has 164 valence electrons. The van der Waals surface area contributed by atoms with Crippen molar-refractivity contribution in [3.63, 3.8) is 0 Å². The van der Waals surface area contributed by atoms with Crippen LogP contribution in [0.1, 0.15) is 44.7 Å².